The number of hydrogen-bond acceptors (Lipinski definition) is 3. The summed E-state index contributed by atoms with van der Waals surface area (Å²) in [5.41, 5.74) is 2.53. The molecule has 1 aromatic carbocycles. The molecule has 1 aliphatic heterocycles. The van der Waals surface area contributed by atoms with E-state index >= 15 is 0 Å². The first kappa shape index (κ1) is 9.96. The van der Waals surface area contributed by atoms with E-state index in [4.69, 9.17) is 0 Å². The van der Waals surface area contributed by atoms with Crippen molar-refractivity contribution in [2.24, 2.45) is 4.99 Å². The van der Waals surface area contributed by atoms with Gasteiger partial charge >= 0.3 is 0 Å². The third-order valence-electron chi connectivity index (χ3n) is 2.73. The SMILES string of the molecule is Fc1cnccc1N1C=Nc2ccccc2C1. The van der Waals surface area contributed by atoms with Gasteiger partial charge in [-0.15, -0.1) is 0 Å². The Kier molecular flexibility index (Phi) is 2.33. The minimum Gasteiger partial charge on any atom is -0.325 e. The molecule has 1 aliphatic rings. The molecule has 0 aliphatic carbocycles. The zero-order chi connectivity index (χ0) is 11.7. The van der Waals surface area contributed by atoms with Crippen molar-refractivity contribution in [3.05, 3.63) is 54.1 Å². The van der Waals surface area contributed by atoms with E-state index in [1.807, 2.05) is 24.3 Å². The van der Waals surface area contributed by atoms with Crippen LogP contribution in [0.15, 0.2) is 47.7 Å². The standard InChI is InChI=1S/C13H10FN3/c14-11-7-15-6-5-13(11)17-8-10-3-1-2-4-12(10)16-9-17/h1-7,9H,8H2. The minimum absolute atomic E-state index is 0.335. The van der Waals surface area contributed by atoms with Crippen LogP contribution in [0.4, 0.5) is 15.8 Å². The van der Waals surface area contributed by atoms with Gasteiger partial charge in [-0.25, -0.2) is 9.38 Å². The van der Waals surface area contributed by atoms with Gasteiger partial charge in [0.15, 0.2) is 5.82 Å². The van der Waals surface area contributed by atoms with E-state index in [2.05, 4.69) is 9.98 Å². The molecule has 2 heterocycles. The van der Waals surface area contributed by atoms with Crippen LogP contribution >= 0.6 is 0 Å². The van der Waals surface area contributed by atoms with Gasteiger partial charge in [-0.2, -0.15) is 0 Å². The number of fused-ring (bicyclic) bond motifs is 1. The van der Waals surface area contributed by atoms with Crippen molar-refractivity contribution < 1.29 is 4.39 Å². The number of aromatic nitrogens is 1. The summed E-state index contributed by atoms with van der Waals surface area (Å²) in [6.07, 6.45) is 4.44. The number of aliphatic imine (C=N–C) groups is 1. The van der Waals surface area contributed by atoms with Gasteiger partial charge in [0, 0.05) is 6.20 Å². The predicted octanol–water partition coefficient (Wildman–Crippen LogP) is 2.90. The van der Waals surface area contributed by atoms with Crippen LogP contribution in [-0.4, -0.2) is 11.3 Å². The first-order valence-electron chi connectivity index (χ1n) is 5.33. The Balaban J connectivity index is 1.98. The maximum Gasteiger partial charge on any atom is 0.165 e. The lowest BCUT2D eigenvalue weighted by atomic mass is 10.1. The molecule has 84 valence electrons. The quantitative estimate of drug-likeness (QED) is 0.749. The minimum atomic E-state index is -0.335. The Morgan fingerprint density at radius 1 is 1.18 bits per heavy atom. The molecule has 0 unspecified atom stereocenters. The van der Waals surface area contributed by atoms with Gasteiger partial charge in [0.25, 0.3) is 0 Å². The Labute approximate surface area is 98.3 Å². The lowest BCUT2D eigenvalue weighted by Crippen LogP contribution is -2.24. The first-order chi connectivity index (χ1) is 8.34. The lowest BCUT2D eigenvalue weighted by Gasteiger charge is -2.24. The molecule has 0 atom stereocenters. The summed E-state index contributed by atoms with van der Waals surface area (Å²) < 4.78 is 13.6. The van der Waals surface area contributed by atoms with Crippen LogP contribution in [0.3, 0.4) is 0 Å². The van der Waals surface area contributed by atoms with E-state index in [1.165, 1.54) is 6.20 Å². The van der Waals surface area contributed by atoms with E-state index < -0.39 is 0 Å². The Bertz CT molecular complexity index is 580. The summed E-state index contributed by atoms with van der Waals surface area (Å²) in [5, 5.41) is 0. The van der Waals surface area contributed by atoms with Crippen molar-refractivity contribution >= 4 is 17.7 Å². The smallest absolute Gasteiger partial charge is 0.165 e. The van der Waals surface area contributed by atoms with Gasteiger partial charge in [0.1, 0.15) is 0 Å². The first-order valence-corrected chi connectivity index (χ1v) is 5.33. The van der Waals surface area contributed by atoms with Gasteiger partial charge in [-0.3, -0.25) is 4.98 Å². The molecule has 2 aromatic rings. The normalized spacial score (nSPS) is 13.6. The van der Waals surface area contributed by atoms with Crippen molar-refractivity contribution in [2.75, 3.05) is 4.90 Å². The largest absolute Gasteiger partial charge is 0.325 e. The number of pyridine rings is 1. The highest BCUT2D eigenvalue weighted by Crippen LogP contribution is 2.27. The molecular formula is C13H10FN3. The number of anilines is 1. The molecule has 0 radical (unpaired) electrons. The molecular weight excluding hydrogens is 217 g/mol. The summed E-state index contributed by atoms with van der Waals surface area (Å²) in [6.45, 7) is 0.626. The fourth-order valence-corrected chi connectivity index (χ4v) is 1.87. The number of para-hydroxylation sites is 1. The van der Waals surface area contributed by atoms with E-state index in [0.717, 1.165) is 11.3 Å². The Morgan fingerprint density at radius 2 is 2.06 bits per heavy atom. The van der Waals surface area contributed by atoms with Crippen molar-refractivity contribution in [1.82, 2.24) is 4.98 Å². The Morgan fingerprint density at radius 3 is 2.94 bits per heavy atom. The highest BCUT2D eigenvalue weighted by atomic mass is 19.1. The van der Waals surface area contributed by atoms with Crippen LogP contribution < -0.4 is 4.90 Å². The maximum atomic E-state index is 13.6. The average Bonchev–Trinajstić information content (AvgIpc) is 2.39. The van der Waals surface area contributed by atoms with Gasteiger partial charge in [-0.1, -0.05) is 18.2 Å². The third kappa shape index (κ3) is 1.78. The molecule has 4 heteroatoms. The molecule has 0 N–H and O–H groups in total. The van der Waals surface area contributed by atoms with E-state index in [9.17, 15) is 4.39 Å². The Hall–Kier alpha value is -2.23. The van der Waals surface area contributed by atoms with E-state index in [1.54, 1.807) is 23.5 Å². The molecule has 0 spiro atoms. The molecule has 0 fully saturated rings. The second-order valence-electron chi connectivity index (χ2n) is 3.83. The lowest BCUT2D eigenvalue weighted by molar-refractivity contribution is 0.619. The highest BCUT2D eigenvalue weighted by molar-refractivity contribution is 5.84. The second kappa shape index (κ2) is 3.97. The van der Waals surface area contributed by atoms with Crippen LogP contribution in [-0.2, 0) is 6.54 Å². The average molecular weight is 227 g/mol. The molecule has 3 nitrogen and oxygen atoms in total. The highest BCUT2D eigenvalue weighted by Gasteiger charge is 2.15. The van der Waals surface area contributed by atoms with Crippen molar-refractivity contribution in [2.45, 2.75) is 6.54 Å². The summed E-state index contributed by atoms with van der Waals surface area (Å²) in [5.74, 6) is -0.335. The molecule has 0 saturated carbocycles. The van der Waals surface area contributed by atoms with Crippen LogP contribution in [0.2, 0.25) is 0 Å². The zero-order valence-electron chi connectivity index (χ0n) is 9.05. The summed E-state index contributed by atoms with van der Waals surface area (Å²) in [7, 11) is 0. The molecule has 1 aromatic heterocycles. The van der Waals surface area contributed by atoms with Gasteiger partial charge in [0.2, 0.25) is 0 Å². The molecule has 0 bridgehead atoms. The zero-order valence-corrected chi connectivity index (χ0v) is 9.05. The molecule has 0 amide bonds. The van der Waals surface area contributed by atoms with E-state index in [0.29, 0.717) is 12.2 Å². The van der Waals surface area contributed by atoms with Crippen LogP contribution in [0, 0.1) is 5.82 Å². The van der Waals surface area contributed by atoms with Gasteiger partial charge in [-0.05, 0) is 17.7 Å². The van der Waals surface area contributed by atoms with Crippen molar-refractivity contribution in [1.29, 1.82) is 0 Å². The number of nitrogens with zero attached hydrogens (tertiary/aromatic N) is 3. The van der Waals surface area contributed by atoms with Crippen molar-refractivity contribution in [3.8, 4) is 0 Å². The number of hydrogen-bond donors (Lipinski definition) is 0. The fraction of sp³-hybridized carbons (Fsp3) is 0.0769. The van der Waals surface area contributed by atoms with Gasteiger partial charge in [0.05, 0.1) is 30.5 Å². The summed E-state index contributed by atoms with van der Waals surface area (Å²) >= 11 is 0. The maximum absolute atomic E-state index is 13.6. The number of halogens is 1. The monoisotopic (exact) mass is 227 g/mol. The van der Waals surface area contributed by atoms with Crippen LogP contribution in [0.25, 0.3) is 0 Å². The summed E-state index contributed by atoms with van der Waals surface area (Å²) in [6, 6.07) is 9.50. The van der Waals surface area contributed by atoms with Crippen LogP contribution in [0.5, 0.6) is 0 Å². The third-order valence-corrected chi connectivity index (χ3v) is 2.73. The number of benzene rings is 1. The molecule has 0 saturated heterocycles. The van der Waals surface area contributed by atoms with Gasteiger partial charge < -0.3 is 4.90 Å². The predicted molar refractivity (Wildman–Crippen MR) is 65.0 cm³/mol. The van der Waals surface area contributed by atoms with Crippen LogP contribution in [0.1, 0.15) is 5.56 Å². The van der Waals surface area contributed by atoms with E-state index in [-0.39, 0.29) is 5.82 Å². The molecule has 17 heavy (non-hydrogen) atoms. The number of rotatable bonds is 1. The second-order valence-corrected chi connectivity index (χ2v) is 3.83. The molecule has 3 rings (SSSR count). The topological polar surface area (TPSA) is 28.5 Å². The fourth-order valence-electron chi connectivity index (χ4n) is 1.87. The summed E-state index contributed by atoms with van der Waals surface area (Å²) in [4.78, 5) is 9.82. The van der Waals surface area contributed by atoms with Crippen molar-refractivity contribution in [3.63, 3.8) is 0 Å².